The van der Waals surface area contributed by atoms with Crippen molar-refractivity contribution < 1.29 is 9.18 Å². The van der Waals surface area contributed by atoms with Crippen molar-refractivity contribution in [2.45, 2.75) is 2.14 Å². The minimum absolute atomic E-state index is 0.0317. The second-order valence-corrected chi connectivity index (χ2v) is 10.1. The largest absolute Gasteiger partial charge is 0.291 e. The highest BCUT2D eigenvalue weighted by molar-refractivity contribution is 9.40. The zero-order chi connectivity index (χ0) is 11.8. The number of hydrogen-bond acceptors (Lipinski definition) is 1. The Kier molecular flexibility index (Phi) is 4.64. The third-order valence-corrected chi connectivity index (χ3v) is 3.19. The second-order valence-electron chi connectivity index (χ2n) is 2.57. The summed E-state index contributed by atoms with van der Waals surface area (Å²) < 4.78 is 12.0. The van der Waals surface area contributed by atoms with Gasteiger partial charge in [-0.1, -0.05) is 71.0 Å². The highest BCUT2D eigenvalue weighted by Crippen LogP contribution is 2.39. The van der Waals surface area contributed by atoms with Crippen molar-refractivity contribution in [1.29, 1.82) is 0 Å². The van der Waals surface area contributed by atoms with Crippen LogP contribution in [0.15, 0.2) is 12.1 Å². The Hall–Kier alpha value is 0.840. The van der Waals surface area contributed by atoms with Crippen LogP contribution in [0.3, 0.4) is 0 Å². The molecule has 0 aromatic heterocycles. The molecule has 0 unspecified atom stereocenters. The minimum atomic E-state index is -1.16. The van der Waals surface area contributed by atoms with Crippen LogP contribution < -0.4 is 0 Å². The number of rotatable bonds is 1. The standard InChI is InChI=1S/C8H2Br3Cl2FO/c9-8(10,11)7(15)3-1-6(14)5(13)2-4(3)12/h1-2H. The van der Waals surface area contributed by atoms with E-state index in [1.165, 1.54) is 6.07 Å². The molecule has 7 heteroatoms. The Morgan fingerprint density at radius 1 is 1.20 bits per heavy atom. The number of carbonyl (C=O) groups is 1. The maximum atomic E-state index is 13.1. The van der Waals surface area contributed by atoms with Crippen molar-refractivity contribution in [3.63, 3.8) is 0 Å². The van der Waals surface area contributed by atoms with Gasteiger partial charge in [0.05, 0.1) is 10.0 Å². The lowest BCUT2D eigenvalue weighted by atomic mass is 10.1. The van der Waals surface area contributed by atoms with Gasteiger partial charge in [0.25, 0.3) is 0 Å². The van der Waals surface area contributed by atoms with Crippen LogP contribution in [0.2, 0.25) is 10.0 Å². The summed E-state index contributed by atoms with van der Waals surface area (Å²) in [6, 6.07) is 2.18. The Balaban J connectivity index is 3.28. The molecular formula is C8H2Br3Cl2FO. The van der Waals surface area contributed by atoms with Gasteiger partial charge in [-0.3, -0.25) is 4.79 Å². The maximum Gasteiger partial charge on any atom is 0.202 e. The van der Waals surface area contributed by atoms with E-state index in [4.69, 9.17) is 23.2 Å². The topological polar surface area (TPSA) is 17.1 Å². The van der Waals surface area contributed by atoms with Crippen molar-refractivity contribution in [3.8, 4) is 0 Å². The number of carbonyl (C=O) groups excluding carboxylic acids is 1. The van der Waals surface area contributed by atoms with Crippen molar-refractivity contribution in [3.05, 3.63) is 33.6 Å². The van der Waals surface area contributed by atoms with Gasteiger partial charge in [-0.2, -0.15) is 0 Å². The van der Waals surface area contributed by atoms with Crippen molar-refractivity contribution in [2.24, 2.45) is 0 Å². The lowest BCUT2D eigenvalue weighted by Crippen LogP contribution is -2.17. The van der Waals surface area contributed by atoms with Gasteiger partial charge in [0.2, 0.25) is 5.78 Å². The van der Waals surface area contributed by atoms with Gasteiger partial charge in [-0.25, -0.2) is 4.39 Å². The zero-order valence-corrected chi connectivity index (χ0v) is 13.1. The minimum Gasteiger partial charge on any atom is -0.291 e. The van der Waals surface area contributed by atoms with E-state index >= 15 is 0 Å². The molecule has 0 radical (unpaired) electrons. The molecule has 1 aromatic rings. The lowest BCUT2D eigenvalue weighted by Gasteiger charge is -2.12. The van der Waals surface area contributed by atoms with E-state index in [0.717, 1.165) is 6.07 Å². The Morgan fingerprint density at radius 2 is 1.73 bits per heavy atom. The first kappa shape index (κ1) is 13.9. The number of benzene rings is 1. The zero-order valence-electron chi connectivity index (χ0n) is 6.83. The molecule has 0 aliphatic rings. The molecule has 0 bridgehead atoms. The summed E-state index contributed by atoms with van der Waals surface area (Å²) in [4.78, 5) is 11.7. The van der Waals surface area contributed by atoms with Crippen LogP contribution >= 0.6 is 71.0 Å². The highest BCUT2D eigenvalue weighted by Gasteiger charge is 2.31. The van der Waals surface area contributed by atoms with E-state index in [-0.39, 0.29) is 15.6 Å². The third-order valence-electron chi connectivity index (χ3n) is 1.51. The SMILES string of the molecule is O=C(c1cc(F)c(Cl)cc1Cl)C(Br)(Br)Br. The summed E-state index contributed by atoms with van der Waals surface area (Å²) in [5.41, 5.74) is 0.0317. The highest BCUT2D eigenvalue weighted by atomic mass is 80.0. The fourth-order valence-corrected chi connectivity index (χ4v) is 1.96. The predicted molar refractivity (Wildman–Crippen MR) is 70.3 cm³/mol. The summed E-state index contributed by atoms with van der Waals surface area (Å²) in [5.74, 6) is -1.15. The summed E-state index contributed by atoms with van der Waals surface area (Å²) in [6.45, 7) is 0. The average molecular weight is 444 g/mol. The van der Waals surface area contributed by atoms with E-state index in [1.54, 1.807) is 0 Å². The van der Waals surface area contributed by atoms with Gasteiger partial charge in [0, 0.05) is 5.56 Å². The van der Waals surface area contributed by atoms with E-state index in [0.29, 0.717) is 0 Å². The summed E-state index contributed by atoms with van der Waals surface area (Å²) in [6.07, 6.45) is 0. The van der Waals surface area contributed by atoms with Crippen LogP contribution in [0.25, 0.3) is 0 Å². The molecule has 0 saturated carbocycles. The second kappa shape index (κ2) is 5.00. The molecule has 0 saturated heterocycles. The molecule has 1 nitrogen and oxygen atoms in total. The molecule has 82 valence electrons. The van der Waals surface area contributed by atoms with Crippen molar-refractivity contribution in [2.75, 3.05) is 0 Å². The number of hydrogen-bond donors (Lipinski definition) is 0. The van der Waals surface area contributed by atoms with Gasteiger partial charge in [-0.05, 0) is 12.1 Å². The van der Waals surface area contributed by atoms with Gasteiger partial charge >= 0.3 is 0 Å². The molecule has 0 atom stereocenters. The third kappa shape index (κ3) is 3.40. The van der Waals surface area contributed by atoms with Gasteiger partial charge in [0.1, 0.15) is 5.82 Å². The summed E-state index contributed by atoms with van der Waals surface area (Å²) in [5, 5.41) is -0.0324. The molecule has 0 spiro atoms. The fraction of sp³-hybridized carbons (Fsp3) is 0.125. The van der Waals surface area contributed by atoms with Crippen LogP contribution in [0.1, 0.15) is 10.4 Å². The normalized spacial score (nSPS) is 11.6. The quantitative estimate of drug-likeness (QED) is 0.333. The van der Waals surface area contributed by atoms with Gasteiger partial charge < -0.3 is 0 Å². The number of alkyl halides is 3. The molecule has 15 heavy (non-hydrogen) atoms. The van der Waals surface area contributed by atoms with Crippen LogP contribution in [0.5, 0.6) is 0 Å². The molecule has 0 amide bonds. The smallest absolute Gasteiger partial charge is 0.202 e. The van der Waals surface area contributed by atoms with Crippen LogP contribution in [-0.2, 0) is 0 Å². The van der Waals surface area contributed by atoms with Crippen LogP contribution in [-0.4, -0.2) is 7.93 Å². The van der Waals surface area contributed by atoms with E-state index in [1.807, 2.05) is 0 Å². The monoisotopic (exact) mass is 440 g/mol. The number of ketones is 1. The molecule has 0 heterocycles. The Bertz CT molecular complexity index is 417. The van der Waals surface area contributed by atoms with Gasteiger partial charge in [-0.15, -0.1) is 0 Å². The fourth-order valence-electron chi connectivity index (χ4n) is 0.849. The number of halogens is 6. The first-order chi connectivity index (χ1) is 6.73. The van der Waals surface area contributed by atoms with E-state index in [2.05, 4.69) is 47.8 Å². The van der Waals surface area contributed by atoms with Crippen LogP contribution in [0.4, 0.5) is 4.39 Å². The first-order valence-electron chi connectivity index (χ1n) is 3.49. The molecule has 0 aliphatic heterocycles. The van der Waals surface area contributed by atoms with Crippen LogP contribution in [0, 0.1) is 5.82 Å². The van der Waals surface area contributed by atoms with Gasteiger partial charge in [0.15, 0.2) is 2.14 Å². The first-order valence-corrected chi connectivity index (χ1v) is 6.63. The van der Waals surface area contributed by atoms with Crippen molar-refractivity contribution >= 4 is 76.8 Å². The molecule has 1 rings (SSSR count). The lowest BCUT2D eigenvalue weighted by molar-refractivity contribution is 0.101. The molecule has 0 N–H and O–H groups in total. The average Bonchev–Trinajstić information content (AvgIpc) is 2.08. The Labute approximate surface area is 121 Å². The molecular weight excluding hydrogens is 442 g/mol. The molecule has 1 aromatic carbocycles. The van der Waals surface area contributed by atoms with Crippen molar-refractivity contribution in [1.82, 2.24) is 0 Å². The predicted octanol–water partition coefficient (Wildman–Crippen LogP) is 5.15. The summed E-state index contributed by atoms with van der Waals surface area (Å²) >= 11 is 20.3. The molecule has 0 fully saturated rings. The maximum absolute atomic E-state index is 13.1. The number of Topliss-reactive ketones (excluding diaryl/α,β-unsaturated/α-hetero) is 1. The summed E-state index contributed by atoms with van der Waals surface area (Å²) in [7, 11) is 0. The van der Waals surface area contributed by atoms with E-state index < -0.39 is 13.7 Å². The Morgan fingerprint density at radius 3 is 2.20 bits per heavy atom. The van der Waals surface area contributed by atoms with E-state index in [9.17, 15) is 9.18 Å². The molecule has 0 aliphatic carbocycles.